The van der Waals surface area contributed by atoms with Crippen molar-refractivity contribution in [2.24, 2.45) is 0 Å². The molecule has 1 saturated heterocycles. The van der Waals surface area contributed by atoms with Gasteiger partial charge in [0.25, 0.3) is 0 Å². The molecule has 50 valence electrons. The van der Waals surface area contributed by atoms with Crippen LogP contribution in [0.15, 0.2) is 23.0 Å². The maximum Gasteiger partial charge on any atom is 0.123 e. The first kappa shape index (κ1) is 6.29. The zero-order valence-corrected chi connectivity index (χ0v) is 5.21. The van der Waals surface area contributed by atoms with E-state index in [1.54, 1.807) is 12.3 Å². The average Bonchev–Trinajstić information content (AvgIpc) is 2.07. The molecule has 1 N–H and O–H groups in total. The summed E-state index contributed by atoms with van der Waals surface area (Å²) in [6, 6.07) is 1.72. The number of rotatable bonds is 0. The lowest BCUT2D eigenvalue weighted by atomic mass is 10.3. The van der Waals surface area contributed by atoms with E-state index in [9.17, 15) is 0 Å². The van der Waals surface area contributed by atoms with Crippen LogP contribution in [0.1, 0.15) is 6.42 Å². The van der Waals surface area contributed by atoms with E-state index in [1.807, 2.05) is 0 Å². The lowest BCUT2D eigenvalue weighted by molar-refractivity contribution is 0.420. The molecule has 0 aromatic carbocycles. The molecule has 3 heteroatoms. The fraction of sp³-hybridized carbons (Fsp3) is 0.500. The van der Waals surface area contributed by atoms with Gasteiger partial charge >= 0.3 is 0 Å². The van der Waals surface area contributed by atoms with E-state index in [0.29, 0.717) is 0 Å². The Labute approximate surface area is 54.0 Å². The summed E-state index contributed by atoms with van der Waals surface area (Å²) in [5.41, 5.74) is 0. The van der Waals surface area contributed by atoms with Gasteiger partial charge in [0.1, 0.15) is 6.26 Å². The summed E-state index contributed by atoms with van der Waals surface area (Å²) in [6.07, 6.45) is 4.49. The molecule has 0 aliphatic carbocycles. The summed E-state index contributed by atoms with van der Waals surface area (Å²) in [5.74, 6) is 0. The number of hydrogen-bond donors (Lipinski definition) is 1. The fourth-order valence-electron chi connectivity index (χ4n) is 0.352. The summed E-state index contributed by atoms with van der Waals surface area (Å²) < 4.78 is 4.33. The molecule has 1 aliphatic rings. The van der Waals surface area contributed by atoms with Gasteiger partial charge in [-0.1, -0.05) is 5.16 Å². The van der Waals surface area contributed by atoms with Crippen LogP contribution in [0.25, 0.3) is 0 Å². The van der Waals surface area contributed by atoms with Crippen molar-refractivity contribution in [2.45, 2.75) is 6.42 Å². The second kappa shape index (κ2) is 4.09. The summed E-state index contributed by atoms with van der Waals surface area (Å²) in [5, 5.41) is 6.46. The van der Waals surface area contributed by atoms with Crippen molar-refractivity contribution >= 4 is 0 Å². The number of nitrogens with one attached hydrogen (secondary N) is 1. The van der Waals surface area contributed by atoms with Gasteiger partial charge < -0.3 is 9.84 Å². The molecule has 0 unspecified atom stereocenters. The quantitative estimate of drug-likeness (QED) is 0.554. The van der Waals surface area contributed by atoms with Crippen LogP contribution in [0, 0.1) is 0 Å². The highest BCUT2D eigenvalue weighted by atomic mass is 16.5. The van der Waals surface area contributed by atoms with Gasteiger partial charge in [0.2, 0.25) is 0 Å². The highest BCUT2D eigenvalue weighted by Crippen LogP contribution is 1.80. The summed E-state index contributed by atoms with van der Waals surface area (Å²) >= 11 is 0. The van der Waals surface area contributed by atoms with Crippen LogP contribution in [-0.4, -0.2) is 18.2 Å². The van der Waals surface area contributed by atoms with Crippen LogP contribution in [0.2, 0.25) is 0 Å². The van der Waals surface area contributed by atoms with E-state index in [4.69, 9.17) is 0 Å². The Kier molecular flexibility index (Phi) is 2.86. The maximum absolute atomic E-state index is 4.33. The van der Waals surface area contributed by atoms with E-state index in [1.165, 1.54) is 25.8 Å². The SMILES string of the molecule is C1CNC1.c1cnoc1. The third-order valence-electron chi connectivity index (χ3n) is 1.05. The van der Waals surface area contributed by atoms with Crippen LogP contribution in [0.3, 0.4) is 0 Å². The molecule has 1 fully saturated rings. The summed E-state index contributed by atoms with van der Waals surface area (Å²) in [6.45, 7) is 2.50. The van der Waals surface area contributed by atoms with E-state index in [-0.39, 0.29) is 0 Å². The van der Waals surface area contributed by atoms with Crippen LogP contribution >= 0.6 is 0 Å². The Balaban J connectivity index is 0.0000000922. The van der Waals surface area contributed by atoms with E-state index < -0.39 is 0 Å². The van der Waals surface area contributed by atoms with Gasteiger partial charge in [-0.3, -0.25) is 0 Å². The molecule has 1 aromatic heterocycles. The molecule has 0 amide bonds. The van der Waals surface area contributed by atoms with Crippen molar-refractivity contribution < 1.29 is 4.52 Å². The normalized spacial score (nSPS) is 15.1. The smallest absolute Gasteiger partial charge is 0.123 e. The van der Waals surface area contributed by atoms with Crippen LogP contribution in [-0.2, 0) is 0 Å². The standard InChI is InChI=1S/C3H3NO.C3H7N/c1-2-4-5-3-1;1-2-4-3-1/h1-3H;4H,1-3H2. The van der Waals surface area contributed by atoms with E-state index in [2.05, 4.69) is 15.0 Å². The predicted octanol–water partition coefficient (Wildman–Crippen LogP) is 0.654. The van der Waals surface area contributed by atoms with Gasteiger partial charge in [0.05, 0.1) is 6.20 Å². The zero-order chi connectivity index (χ0) is 6.36. The second-order valence-corrected chi connectivity index (χ2v) is 1.79. The van der Waals surface area contributed by atoms with Crippen molar-refractivity contribution in [2.75, 3.05) is 13.1 Å². The van der Waals surface area contributed by atoms with Gasteiger partial charge in [-0.05, 0) is 25.6 Å². The Morgan fingerprint density at radius 1 is 1.44 bits per heavy atom. The number of hydrogen-bond acceptors (Lipinski definition) is 3. The summed E-state index contributed by atoms with van der Waals surface area (Å²) in [7, 11) is 0. The minimum Gasteiger partial charge on any atom is -0.365 e. The van der Waals surface area contributed by atoms with Gasteiger partial charge in [0, 0.05) is 0 Å². The van der Waals surface area contributed by atoms with Crippen molar-refractivity contribution in [1.29, 1.82) is 0 Å². The first-order valence-electron chi connectivity index (χ1n) is 3.05. The monoisotopic (exact) mass is 126 g/mol. The van der Waals surface area contributed by atoms with Crippen molar-refractivity contribution in [1.82, 2.24) is 10.5 Å². The predicted molar refractivity (Wildman–Crippen MR) is 34.0 cm³/mol. The molecule has 0 radical (unpaired) electrons. The molecular weight excluding hydrogens is 116 g/mol. The topological polar surface area (TPSA) is 38.1 Å². The van der Waals surface area contributed by atoms with Gasteiger partial charge in [0.15, 0.2) is 0 Å². The first-order chi connectivity index (χ1) is 4.50. The Morgan fingerprint density at radius 3 is 2.22 bits per heavy atom. The zero-order valence-electron chi connectivity index (χ0n) is 5.21. The lowest BCUT2D eigenvalue weighted by Gasteiger charge is -2.09. The van der Waals surface area contributed by atoms with Crippen molar-refractivity contribution in [3.05, 3.63) is 18.5 Å². The Morgan fingerprint density at radius 2 is 2.11 bits per heavy atom. The maximum atomic E-state index is 4.33. The molecule has 0 saturated carbocycles. The molecule has 0 spiro atoms. The largest absolute Gasteiger partial charge is 0.365 e. The Bertz CT molecular complexity index is 102. The number of nitrogens with zero attached hydrogens (tertiary/aromatic N) is 1. The van der Waals surface area contributed by atoms with E-state index >= 15 is 0 Å². The minimum atomic E-state index is 1.25. The molecule has 0 atom stereocenters. The molecule has 9 heavy (non-hydrogen) atoms. The first-order valence-corrected chi connectivity index (χ1v) is 3.05. The van der Waals surface area contributed by atoms with Crippen LogP contribution in [0.5, 0.6) is 0 Å². The molecule has 2 heterocycles. The lowest BCUT2D eigenvalue weighted by Crippen LogP contribution is -2.29. The fourth-order valence-corrected chi connectivity index (χ4v) is 0.352. The third-order valence-corrected chi connectivity index (χ3v) is 1.05. The van der Waals surface area contributed by atoms with Crippen LogP contribution in [0.4, 0.5) is 0 Å². The molecular formula is C6H10N2O. The number of aromatic nitrogens is 1. The molecule has 2 rings (SSSR count). The van der Waals surface area contributed by atoms with Crippen molar-refractivity contribution in [3.8, 4) is 0 Å². The minimum absolute atomic E-state index is 1.25. The Hall–Kier alpha value is -0.830. The molecule has 0 bridgehead atoms. The summed E-state index contributed by atoms with van der Waals surface area (Å²) in [4.78, 5) is 0. The van der Waals surface area contributed by atoms with Gasteiger partial charge in [-0.25, -0.2) is 0 Å². The molecule has 1 aliphatic heterocycles. The highest BCUT2D eigenvalue weighted by Gasteiger charge is 1.92. The average molecular weight is 126 g/mol. The molecule has 1 aromatic rings. The third kappa shape index (κ3) is 2.87. The van der Waals surface area contributed by atoms with Gasteiger partial charge in [-0.15, -0.1) is 0 Å². The second-order valence-electron chi connectivity index (χ2n) is 1.79. The molecule has 3 nitrogen and oxygen atoms in total. The highest BCUT2D eigenvalue weighted by molar-refractivity contribution is 4.67. The van der Waals surface area contributed by atoms with Crippen molar-refractivity contribution in [3.63, 3.8) is 0 Å². The van der Waals surface area contributed by atoms with Gasteiger partial charge in [-0.2, -0.15) is 0 Å². The van der Waals surface area contributed by atoms with E-state index in [0.717, 1.165) is 0 Å². The van der Waals surface area contributed by atoms with Crippen LogP contribution < -0.4 is 5.32 Å².